The van der Waals surface area contributed by atoms with E-state index >= 15 is 0 Å². The standard InChI is InChI=1S/C13H15NO2/c1-10-5-3-4-6-12(10)9-16-13(15)11(2)7-8-14/h3-6,11H,7,9H2,1-2H3. The highest BCUT2D eigenvalue weighted by Gasteiger charge is 2.14. The lowest BCUT2D eigenvalue weighted by molar-refractivity contribution is -0.149. The Morgan fingerprint density at radius 3 is 2.81 bits per heavy atom. The Balaban J connectivity index is 2.50. The van der Waals surface area contributed by atoms with Gasteiger partial charge in [-0.3, -0.25) is 4.79 Å². The number of rotatable bonds is 4. The second-order valence-electron chi connectivity index (χ2n) is 3.80. The van der Waals surface area contributed by atoms with E-state index in [0.717, 1.165) is 11.1 Å². The minimum atomic E-state index is -0.353. The molecule has 0 radical (unpaired) electrons. The molecule has 16 heavy (non-hydrogen) atoms. The average molecular weight is 217 g/mol. The van der Waals surface area contributed by atoms with Gasteiger partial charge < -0.3 is 4.74 Å². The summed E-state index contributed by atoms with van der Waals surface area (Å²) in [4.78, 5) is 11.4. The molecule has 0 saturated carbocycles. The molecule has 1 aromatic rings. The first-order valence-electron chi connectivity index (χ1n) is 5.23. The molecule has 1 atom stereocenters. The summed E-state index contributed by atoms with van der Waals surface area (Å²) >= 11 is 0. The Bertz CT molecular complexity index is 407. The highest BCUT2D eigenvalue weighted by Crippen LogP contribution is 2.10. The van der Waals surface area contributed by atoms with Crippen molar-refractivity contribution >= 4 is 5.97 Å². The molecule has 1 aromatic carbocycles. The topological polar surface area (TPSA) is 50.1 Å². The van der Waals surface area contributed by atoms with E-state index in [9.17, 15) is 4.79 Å². The number of carbonyl (C=O) groups excluding carboxylic acids is 1. The zero-order valence-electron chi connectivity index (χ0n) is 9.56. The highest BCUT2D eigenvalue weighted by atomic mass is 16.5. The SMILES string of the molecule is Cc1ccccc1COC(=O)C(C)CC#N. The van der Waals surface area contributed by atoms with Crippen LogP contribution in [0.1, 0.15) is 24.5 Å². The number of nitrogens with zero attached hydrogens (tertiary/aromatic N) is 1. The van der Waals surface area contributed by atoms with Crippen LogP contribution in [0.3, 0.4) is 0 Å². The van der Waals surface area contributed by atoms with Gasteiger partial charge >= 0.3 is 5.97 Å². The van der Waals surface area contributed by atoms with Crippen molar-refractivity contribution in [2.45, 2.75) is 26.9 Å². The first kappa shape index (κ1) is 12.3. The second kappa shape index (κ2) is 5.92. The number of ether oxygens (including phenoxy) is 1. The summed E-state index contributed by atoms with van der Waals surface area (Å²) < 4.78 is 5.13. The second-order valence-corrected chi connectivity index (χ2v) is 3.80. The number of hydrogen-bond acceptors (Lipinski definition) is 3. The summed E-state index contributed by atoms with van der Waals surface area (Å²) in [5, 5.41) is 8.46. The molecule has 1 unspecified atom stereocenters. The Kier molecular flexibility index (Phi) is 4.53. The summed E-state index contributed by atoms with van der Waals surface area (Å²) in [7, 11) is 0. The van der Waals surface area contributed by atoms with Crippen LogP contribution in [-0.4, -0.2) is 5.97 Å². The van der Waals surface area contributed by atoms with Gasteiger partial charge in [0.15, 0.2) is 0 Å². The molecule has 3 heteroatoms. The van der Waals surface area contributed by atoms with E-state index in [1.165, 1.54) is 0 Å². The molecule has 84 valence electrons. The smallest absolute Gasteiger partial charge is 0.310 e. The van der Waals surface area contributed by atoms with Crippen LogP contribution < -0.4 is 0 Å². The molecule has 0 aromatic heterocycles. The maximum Gasteiger partial charge on any atom is 0.310 e. The van der Waals surface area contributed by atoms with E-state index in [1.807, 2.05) is 37.3 Å². The van der Waals surface area contributed by atoms with E-state index in [-0.39, 0.29) is 24.9 Å². The van der Waals surface area contributed by atoms with Crippen molar-refractivity contribution in [3.63, 3.8) is 0 Å². The first-order valence-corrected chi connectivity index (χ1v) is 5.23. The molecular formula is C13H15NO2. The number of esters is 1. The lowest BCUT2D eigenvalue weighted by Crippen LogP contribution is -2.14. The molecule has 3 nitrogen and oxygen atoms in total. The van der Waals surface area contributed by atoms with Gasteiger partial charge in [-0.1, -0.05) is 31.2 Å². The highest BCUT2D eigenvalue weighted by molar-refractivity contribution is 5.72. The van der Waals surface area contributed by atoms with Crippen LogP contribution >= 0.6 is 0 Å². The monoisotopic (exact) mass is 217 g/mol. The van der Waals surface area contributed by atoms with Crippen molar-refractivity contribution in [3.8, 4) is 6.07 Å². The van der Waals surface area contributed by atoms with Crippen molar-refractivity contribution in [2.24, 2.45) is 5.92 Å². The first-order chi connectivity index (χ1) is 7.65. The van der Waals surface area contributed by atoms with Crippen LogP contribution in [-0.2, 0) is 16.1 Å². The molecule has 0 heterocycles. The molecule has 0 aliphatic rings. The Labute approximate surface area is 95.7 Å². The van der Waals surface area contributed by atoms with Crippen LogP contribution in [0.2, 0.25) is 0 Å². The summed E-state index contributed by atoms with van der Waals surface area (Å²) in [5.41, 5.74) is 2.10. The molecule has 0 fully saturated rings. The largest absolute Gasteiger partial charge is 0.461 e. The molecule has 0 spiro atoms. The average Bonchev–Trinajstić information content (AvgIpc) is 2.28. The van der Waals surface area contributed by atoms with Crippen LogP contribution in [0, 0.1) is 24.2 Å². The summed E-state index contributed by atoms with van der Waals surface area (Å²) in [5.74, 6) is -0.668. The van der Waals surface area contributed by atoms with Gasteiger partial charge in [-0.2, -0.15) is 5.26 Å². The number of aryl methyl sites for hydroxylation is 1. The Morgan fingerprint density at radius 1 is 1.50 bits per heavy atom. The van der Waals surface area contributed by atoms with Crippen molar-refractivity contribution in [2.75, 3.05) is 0 Å². The minimum absolute atomic E-state index is 0.201. The quantitative estimate of drug-likeness (QED) is 0.728. The van der Waals surface area contributed by atoms with Crippen molar-refractivity contribution in [3.05, 3.63) is 35.4 Å². The van der Waals surface area contributed by atoms with Gasteiger partial charge in [0.2, 0.25) is 0 Å². The zero-order valence-corrected chi connectivity index (χ0v) is 9.56. The normalized spacial score (nSPS) is 11.6. The van der Waals surface area contributed by atoms with Crippen LogP contribution in [0.4, 0.5) is 0 Å². The fourth-order valence-electron chi connectivity index (χ4n) is 1.28. The van der Waals surface area contributed by atoms with Crippen LogP contribution in [0.15, 0.2) is 24.3 Å². The van der Waals surface area contributed by atoms with Crippen molar-refractivity contribution < 1.29 is 9.53 Å². The van der Waals surface area contributed by atoms with Crippen LogP contribution in [0.5, 0.6) is 0 Å². The maximum absolute atomic E-state index is 11.4. The maximum atomic E-state index is 11.4. The van der Waals surface area contributed by atoms with Crippen LogP contribution in [0.25, 0.3) is 0 Å². The van der Waals surface area contributed by atoms with E-state index in [1.54, 1.807) is 6.92 Å². The molecule has 0 bridgehead atoms. The zero-order chi connectivity index (χ0) is 12.0. The Morgan fingerprint density at radius 2 is 2.19 bits per heavy atom. The molecular weight excluding hydrogens is 202 g/mol. The molecule has 0 N–H and O–H groups in total. The molecule has 0 aliphatic carbocycles. The predicted molar refractivity (Wildman–Crippen MR) is 60.4 cm³/mol. The number of carbonyl (C=O) groups is 1. The lowest BCUT2D eigenvalue weighted by atomic mass is 10.1. The van der Waals surface area contributed by atoms with Gasteiger partial charge in [-0.25, -0.2) is 0 Å². The number of nitriles is 1. The molecule has 0 aliphatic heterocycles. The number of hydrogen-bond donors (Lipinski definition) is 0. The van der Waals surface area contributed by atoms with Crippen molar-refractivity contribution in [1.82, 2.24) is 0 Å². The van der Waals surface area contributed by atoms with E-state index in [4.69, 9.17) is 10.00 Å². The lowest BCUT2D eigenvalue weighted by Gasteiger charge is -2.09. The third-order valence-corrected chi connectivity index (χ3v) is 2.43. The van der Waals surface area contributed by atoms with Gasteiger partial charge in [-0.15, -0.1) is 0 Å². The van der Waals surface area contributed by atoms with Gasteiger partial charge in [0.25, 0.3) is 0 Å². The third-order valence-electron chi connectivity index (χ3n) is 2.43. The fourth-order valence-corrected chi connectivity index (χ4v) is 1.28. The predicted octanol–water partition coefficient (Wildman–Crippen LogP) is 2.59. The van der Waals surface area contributed by atoms with Gasteiger partial charge in [0.05, 0.1) is 12.0 Å². The van der Waals surface area contributed by atoms with E-state index in [0.29, 0.717) is 0 Å². The fraction of sp³-hybridized carbons (Fsp3) is 0.385. The van der Waals surface area contributed by atoms with E-state index < -0.39 is 0 Å². The summed E-state index contributed by atoms with van der Waals surface area (Å²) in [6.45, 7) is 3.95. The molecule has 0 saturated heterocycles. The van der Waals surface area contributed by atoms with Crippen molar-refractivity contribution in [1.29, 1.82) is 5.26 Å². The Hall–Kier alpha value is -1.82. The number of benzene rings is 1. The van der Waals surface area contributed by atoms with Gasteiger partial charge in [0.1, 0.15) is 6.61 Å². The summed E-state index contributed by atoms with van der Waals surface area (Å²) in [6, 6.07) is 9.71. The molecule has 1 rings (SSSR count). The van der Waals surface area contributed by atoms with Gasteiger partial charge in [0, 0.05) is 6.42 Å². The minimum Gasteiger partial charge on any atom is -0.461 e. The molecule has 0 amide bonds. The van der Waals surface area contributed by atoms with Gasteiger partial charge in [-0.05, 0) is 18.1 Å². The summed E-state index contributed by atoms with van der Waals surface area (Å²) in [6.07, 6.45) is 0.201. The van der Waals surface area contributed by atoms with E-state index in [2.05, 4.69) is 0 Å². The third kappa shape index (κ3) is 3.39.